The molecule has 2 aromatic carbocycles. The van der Waals surface area contributed by atoms with Gasteiger partial charge in [-0.3, -0.25) is 9.36 Å². The topological polar surface area (TPSA) is 115 Å². The van der Waals surface area contributed by atoms with E-state index in [4.69, 9.17) is 16.3 Å². The molecule has 1 atom stereocenters. The highest BCUT2D eigenvalue weighted by Crippen LogP contribution is 2.34. The molecule has 38 heavy (non-hydrogen) atoms. The predicted octanol–water partition coefficient (Wildman–Crippen LogP) is 4.97. The number of hydrogen-bond acceptors (Lipinski definition) is 5. The van der Waals surface area contributed by atoms with Crippen molar-refractivity contribution in [1.82, 2.24) is 14.3 Å². The van der Waals surface area contributed by atoms with Crippen LogP contribution in [0.1, 0.15) is 53.2 Å². The van der Waals surface area contributed by atoms with Crippen LogP contribution in [0.2, 0.25) is 5.02 Å². The molecular formula is C23H18ClF5N4O5. The summed E-state index contributed by atoms with van der Waals surface area (Å²) in [6.07, 6.45) is -5.73. The average Bonchev–Trinajstić information content (AvgIpc) is 3.12. The number of carbonyl (C=O) groups is 2. The van der Waals surface area contributed by atoms with Crippen molar-refractivity contribution in [2.24, 2.45) is 0 Å². The Kier molecular flexibility index (Phi) is 7.19. The molecule has 1 heterocycles. The van der Waals surface area contributed by atoms with E-state index in [1.807, 2.05) is 0 Å². The van der Waals surface area contributed by atoms with Crippen molar-refractivity contribution in [3.8, 4) is 11.4 Å². The van der Waals surface area contributed by atoms with Crippen molar-refractivity contribution in [3.05, 3.63) is 68.9 Å². The number of ether oxygens (including phenoxy) is 1. The number of carboxylic acids is 1. The Morgan fingerprint density at radius 3 is 2.45 bits per heavy atom. The molecule has 0 saturated heterocycles. The molecule has 202 valence electrons. The van der Waals surface area contributed by atoms with Gasteiger partial charge in [-0.15, -0.1) is 5.10 Å². The summed E-state index contributed by atoms with van der Waals surface area (Å²) < 4.78 is 75.3. The molecule has 1 aliphatic carbocycles. The third-order valence-corrected chi connectivity index (χ3v) is 6.24. The van der Waals surface area contributed by atoms with Crippen LogP contribution in [0.25, 0.3) is 5.69 Å². The Morgan fingerprint density at radius 2 is 1.89 bits per heavy atom. The number of aromatic nitrogens is 3. The van der Waals surface area contributed by atoms with E-state index < -0.39 is 76.0 Å². The van der Waals surface area contributed by atoms with E-state index in [-0.39, 0.29) is 5.02 Å². The Labute approximate surface area is 215 Å². The highest BCUT2D eigenvalue weighted by molar-refractivity contribution is 6.34. The number of carboxylic acid groups (broad SMARTS) is 1. The number of halogens is 6. The van der Waals surface area contributed by atoms with E-state index in [9.17, 15) is 37.1 Å². The number of nitrogens with one attached hydrogen (secondary N) is 1. The van der Waals surface area contributed by atoms with E-state index in [0.717, 1.165) is 17.1 Å². The fourth-order valence-corrected chi connectivity index (χ4v) is 3.90. The van der Waals surface area contributed by atoms with Gasteiger partial charge in [0.2, 0.25) is 5.82 Å². The molecule has 9 nitrogen and oxygen atoms in total. The minimum atomic E-state index is -4.91. The third-order valence-electron chi connectivity index (χ3n) is 5.93. The standard InChI is InChI=1S/C23H18ClF5N4O5/c1-10(23(27,28)29)38-17-9-16(33-22(37)32(11-4-2-5-11)19(31-33)21(35)36)15(26)8-12(17)20(34)30-18-13(24)6-3-7-14(18)25/h3,6-11H,2,4-5H2,1H3,(H,30,34)(H,35,36). The summed E-state index contributed by atoms with van der Waals surface area (Å²) in [5.41, 5.74) is -3.11. The predicted molar refractivity (Wildman–Crippen MR) is 123 cm³/mol. The maximum absolute atomic E-state index is 15.2. The van der Waals surface area contributed by atoms with E-state index in [1.165, 1.54) is 12.1 Å². The van der Waals surface area contributed by atoms with Crippen LogP contribution in [-0.4, -0.2) is 43.6 Å². The lowest BCUT2D eigenvalue weighted by Crippen LogP contribution is -2.33. The molecule has 0 bridgehead atoms. The van der Waals surface area contributed by atoms with Crippen LogP contribution >= 0.6 is 11.6 Å². The molecule has 1 aromatic heterocycles. The van der Waals surface area contributed by atoms with Gasteiger partial charge in [-0.25, -0.2) is 18.4 Å². The third kappa shape index (κ3) is 5.08. The van der Waals surface area contributed by atoms with Gasteiger partial charge in [0, 0.05) is 12.1 Å². The van der Waals surface area contributed by atoms with Gasteiger partial charge in [0.05, 0.1) is 16.3 Å². The smallest absolute Gasteiger partial charge is 0.425 e. The van der Waals surface area contributed by atoms with E-state index in [2.05, 4.69) is 10.4 Å². The van der Waals surface area contributed by atoms with Gasteiger partial charge in [-0.05, 0) is 44.4 Å². The number of hydrogen-bond donors (Lipinski definition) is 2. The molecule has 3 aromatic rings. The Balaban J connectivity index is 1.84. The Morgan fingerprint density at radius 1 is 1.21 bits per heavy atom. The quantitative estimate of drug-likeness (QED) is 0.394. The van der Waals surface area contributed by atoms with Gasteiger partial charge in [0.1, 0.15) is 23.1 Å². The van der Waals surface area contributed by atoms with Crippen LogP contribution < -0.4 is 15.7 Å². The highest BCUT2D eigenvalue weighted by Gasteiger charge is 2.39. The van der Waals surface area contributed by atoms with Crippen molar-refractivity contribution >= 4 is 29.2 Å². The van der Waals surface area contributed by atoms with Crippen molar-refractivity contribution in [2.45, 2.75) is 44.5 Å². The van der Waals surface area contributed by atoms with Crippen LogP contribution in [0.3, 0.4) is 0 Å². The second-order valence-electron chi connectivity index (χ2n) is 8.43. The van der Waals surface area contributed by atoms with Crippen LogP contribution in [0.5, 0.6) is 5.75 Å². The summed E-state index contributed by atoms with van der Waals surface area (Å²) in [5, 5.41) is 15.0. The molecule has 1 unspecified atom stereocenters. The van der Waals surface area contributed by atoms with Crippen LogP contribution in [0.4, 0.5) is 27.6 Å². The van der Waals surface area contributed by atoms with Gasteiger partial charge in [0.25, 0.3) is 5.91 Å². The zero-order valence-electron chi connectivity index (χ0n) is 19.4. The monoisotopic (exact) mass is 560 g/mol. The minimum absolute atomic E-state index is 0.240. The highest BCUT2D eigenvalue weighted by atomic mass is 35.5. The molecule has 15 heteroatoms. The number of benzene rings is 2. The zero-order valence-corrected chi connectivity index (χ0v) is 20.1. The van der Waals surface area contributed by atoms with Crippen molar-refractivity contribution in [1.29, 1.82) is 0 Å². The minimum Gasteiger partial charge on any atom is -0.480 e. The van der Waals surface area contributed by atoms with Crippen molar-refractivity contribution < 1.29 is 41.4 Å². The van der Waals surface area contributed by atoms with E-state index >= 15 is 4.39 Å². The normalized spacial score (nSPS) is 14.6. The summed E-state index contributed by atoms with van der Waals surface area (Å²) >= 11 is 5.88. The van der Waals surface area contributed by atoms with Crippen molar-refractivity contribution in [2.75, 3.05) is 5.32 Å². The number of anilines is 1. The Bertz CT molecular complexity index is 1460. The summed E-state index contributed by atoms with van der Waals surface area (Å²) in [5.74, 6) is -6.67. The molecule has 4 rings (SSSR count). The number of alkyl halides is 3. The van der Waals surface area contributed by atoms with Gasteiger partial charge >= 0.3 is 17.8 Å². The lowest BCUT2D eigenvalue weighted by molar-refractivity contribution is -0.189. The van der Waals surface area contributed by atoms with Gasteiger partial charge in [-0.2, -0.15) is 17.9 Å². The maximum atomic E-state index is 15.2. The average molecular weight is 561 g/mol. The molecule has 0 spiro atoms. The lowest BCUT2D eigenvalue weighted by atomic mass is 9.93. The molecule has 0 aliphatic heterocycles. The molecule has 1 fully saturated rings. The number of amides is 1. The van der Waals surface area contributed by atoms with Crippen LogP contribution in [-0.2, 0) is 0 Å². The maximum Gasteiger partial charge on any atom is 0.425 e. The Hall–Kier alpha value is -3.94. The zero-order chi connectivity index (χ0) is 27.9. The summed E-state index contributed by atoms with van der Waals surface area (Å²) in [4.78, 5) is 37.5. The second kappa shape index (κ2) is 10.1. The van der Waals surface area contributed by atoms with Gasteiger partial charge in [0.15, 0.2) is 6.10 Å². The molecule has 1 amide bonds. The molecule has 1 saturated carbocycles. The number of rotatable bonds is 7. The second-order valence-corrected chi connectivity index (χ2v) is 8.84. The van der Waals surface area contributed by atoms with Crippen molar-refractivity contribution in [3.63, 3.8) is 0 Å². The summed E-state index contributed by atoms with van der Waals surface area (Å²) in [6, 6.07) is 4.01. The SMILES string of the molecule is CC(Oc1cc(-n2nc(C(=O)O)n(C3CCC3)c2=O)c(F)cc1C(=O)Nc1c(F)cccc1Cl)C(F)(F)F. The number of aromatic carboxylic acids is 1. The molecule has 2 N–H and O–H groups in total. The number of para-hydroxylation sites is 1. The fraction of sp³-hybridized carbons (Fsp3) is 0.304. The van der Waals surface area contributed by atoms with Gasteiger partial charge < -0.3 is 15.2 Å². The first-order chi connectivity index (χ1) is 17.8. The van der Waals surface area contributed by atoms with Gasteiger partial charge in [-0.1, -0.05) is 17.7 Å². The first-order valence-corrected chi connectivity index (χ1v) is 11.4. The van der Waals surface area contributed by atoms with Crippen LogP contribution in [0.15, 0.2) is 35.1 Å². The van der Waals surface area contributed by atoms with E-state index in [0.29, 0.717) is 36.6 Å². The summed E-state index contributed by atoms with van der Waals surface area (Å²) in [7, 11) is 0. The first kappa shape index (κ1) is 27.1. The molecule has 0 radical (unpaired) electrons. The molecular weight excluding hydrogens is 543 g/mol. The fourth-order valence-electron chi connectivity index (χ4n) is 3.69. The first-order valence-electron chi connectivity index (χ1n) is 11.1. The lowest BCUT2D eigenvalue weighted by Gasteiger charge is -2.26. The molecule has 1 aliphatic rings. The van der Waals surface area contributed by atoms with Crippen LogP contribution in [0, 0.1) is 11.6 Å². The number of carbonyl (C=O) groups excluding carboxylic acids is 1. The summed E-state index contributed by atoms with van der Waals surface area (Å²) in [6.45, 7) is 0.623. The number of nitrogens with zero attached hydrogens (tertiary/aromatic N) is 3. The largest absolute Gasteiger partial charge is 0.480 e. The van der Waals surface area contributed by atoms with E-state index in [1.54, 1.807) is 0 Å².